The summed E-state index contributed by atoms with van der Waals surface area (Å²) in [6.07, 6.45) is 4.27. The van der Waals surface area contributed by atoms with Crippen LogP contribution in [0, 0.1) is 5.92 Å². The van der Waals surface area contributed by atoms with E-state index in [9.17, 15) is 10.2 Å². The van der Waals surface area contributed by atoms with Gasteiger partial charge in [0.15, 0.2) is 0 Å². The van der Waals surface area contributed by atoms with E-state index < -0.39 is 12.2 Å². The van der Waals surface area contributed by atoms with Gasteiger partial charge in [-0.05, 0) is 12.5 Å². The van der Waals surface area contributed by atoms with Gasteiger partial charge in [0.05, 0.1) is 12.2 Å². The third kappa shape index (κ3) is 1.70. The van der Waals surface area contributed by atoms with Gasteiger partial charge in [-0.15, -0.1) is 0 Å². The van der Waals surface area contributed by atoms with Gasteiger partial charge in [0.2, 0.25) is 0 Å². The quantitative estimate of drug-likeness (QED) is 0.543. The normalized spacial score (nSPS) is 38.2. The van der Waals surface area contributed by atoms with Crippen molar-refractivity contribution in [1.29, 1.82) is 0 Å². The van der Waals surface area contributed by atoms with Gasteiger partial charge in [0.25, 0.3) is 0 Å². The van der Waals surface area contributed by atoms with Gasteiger partial charge < -0.3 is 10.2 Å². The summed E-state index contributed by atoms with van der Waals surface area (Å²) >= 11 is 0. The molecule has 0 saturated heterocycles. The van der Waals surface area contributed by atoms with Crippen LogP contribution in [0.5, 0.6) is 0 Å². The van der Waals surface area contributed by atoms with Gasteiger partial charge in [0.1, 0.15) is 0 Å². The van der Waals surface area contributed by atoms with E-state index in [2.05, 4.69) is 0 Å². The predicted octanol–water partition coefficient (Wildman–Crippen LogP) is 0.860. The first-order chi connectivity index (χ1) is 5.13. The predicted molar refractivity (Wildman–Crippen MR) is 44.1 cm³/mol. The van der Waals surface area contributed by atoms with E-state index in [0.29, 0.717) is 0 Å². The maximum Gasteiger partial charge on any atom is 0.0803 e. The van der Waals surface area contributed by atoms with Crippen molar-refractivity contribution < 1.29 is 10.2 Å². The van der Waals surface area contributed by atoms with Gasteiger partial charge >= 0.3 is 0 Å². The summed E-state index contributed by atoms with van der Waals surface area (Å²) in [5.74, 6) is -0.106. The van der Waals surface area contributed by atoms with Crippen LogP contribution in [0.2, 0.25) is 0 Å². The summed E-state index contributed by atoms with van der Waals surface area (Å²) in [5.41, 5.74) is 0.908. The minimum Gasteiger partial charge on any atom is -0.389 e. The molecule has 0 aromatic carbocycles. The number of rotatable bonds is 0. The molecule has 2 nitrogen and oxygen atoms in total. The Balaban J connectivity index is 2.81. The molecule has 1 rings (SSSR count). The fourth-order valence-corrected chi connectivity index (χ4v) is 1.20. The van der Waals surface area contributed by atoms with E-state index in [1.54, 1.807) is 12.2 Å². The molecule has 0 aromatic heterocycles. The molecular formula is C9H14O2. The van der Waals surface area contributed by atoms with Crippen molar-refractivity contribution in [1.82, 2.24) is 0 Å². The van der Waals surface area contributed by atoms with Gasteiger partial charge in [-0.2, -0.15) is 0 Å². The highest BCUT2D eigenvalue weighted by Gasteiger charge is 2.22. The molecule has 1 aliphatic carbocycles. The second kappa shape index (κ2) is 3.20. The number of hydrogen-bond acceptors (Lipinski definition) is 2. The summed E-state index contributed by atoms with van der Waals surface area (Å²) in [7, 11) is 0. The number of allylic oxidation sites excluding steroid dienone is 2. The maximum absolute atomic E-state index is 9.53. The lowest BCUT2D eigenvalue weighted by molar-refractivity contribution is 0.0676. The minimum atomic E-state index is -0.529. The van der Waals surface area contributed by atoms with Crippen LogP contribution < -0.4 is 0 Å². The van der Waals surface area contributed by atoms with Crippen molar-refractivity contribution in [3.8, 4) is 0 Å². The van der Waals surface area contributed by atoms with Crippen LogP contribution >= 0.6 is 0 Å². The lowest BCUT2D eigenvalue weighted by Crippen LogP contribution is -2.27. The minimum absolute atomic E-state index is 0.106. The van der Waals surface area contributed by atoms with Crippen molar-refractivity contribution in [2.24, 2.45) is 5.92 Å². The van der Waals surface area contributed by atoms with E-state index in [0.717, 1.165) is 5.57 Å². The summed E-state index contributed by atoms with van der Waals surface area (Å²) in [4.78, 5) is 0. The fraction of sp³-hybridized carbons (Fsp3) is 0.556. The summed E-state index contributed by atoms with van der Waals surface area (Å²) < 4.78 is 0. The zero-order chi connectivity index (χ0) is 8.43. The molecule has 1 aliphatic rings. The summed E-state index contributed by atoms with van der Waals surface area (Å²) in [6.45, 7) is 3.70. The van der Waals surface area contributed by atoms with Crippen molar-refractivity contribution in [3.05, 3.63) is 23.8 Å². The third-order valence-corrected chi connectivity index (χ3v) is 2.17. The fourth-order valence-electron chi connectivity index (χ4n) is 1.20. The number of aliphatic hydroxyl groups is 2. The Morgan fingerprint density at radius 2 is 2.00 bits per heavy atom. The molecule has 2 N–H and O–H groups in total. The Morgan fingerprint density at radius 1 is 1.36 bits per heavy atom. The van der Waals surface area contributed by atoms with Crippen molar-refractivity contribution in [2.75, 3.05) is 0 Å². The second-order valence-electron chi connectivity index (χ2n) is 3.09. The van der Waals surface area contributed by atoms with Crippen LogP contribution in [0.25, 0.3) is 0 Å². The standard InChI is InChI=1S/C9H14O2/c1-6-4-3-5-8(10)7(2)9(6)11/h3-5,7-11H,1-2H3. The monoisotopic (exact) mass is 154 g/mol. The molecule has 2 heteroatoms. The van der Waals surface area contributed by atoms with E-state index >= 15 is 0 Å². The van der Waals surface area contributed by atoms with Crippen molar-refractivity contribution in [2.45, 2.75) is 26.1 Å². The van der Waals surface area contributed by atoms with E-state index in [1.807, 2.05) is 19.9 Å². The van der Waals surface area contributed by atoms with Crippen LogP contribution in [-0.4, -0.2) is 22.4 Å². The van der Waals surface area contributed by atoms with Crippen molar-refractivity contribution >= 4 is 0 Å². The van der Waals surface area contributed by atoms with Gasteiger partial charge in [-0.25, -0.2) is 0 Å². The molecule has 3 unspecified atom stereocenters. The van der Waals surface area contributed by atoms with Gasteiger partial charge in [0, 0.05) is 5.92 Å². The molecule has 62 valence electrons. The first-order valence-corrected chi connectivity index (χ1v) is 3.84. The lowest BCUT2D eigenvalue weighted by atomic mass is 9.95. The molecule has 11 heavy (non-hydrogen) atoms. The first-order valence-electron chi connectivity index (χ1n) is 3.84. The highest BCUT2D eigenvalue weighted by molar-refractivity contribution is 5.20. The zero-order valence-electron chi connectivity index (χ0n) is 6.86. The molecule has 0 amide bonds. The zero-order valence-corrected chi connectivity index (χ0v) is 6.86. The first kappa shape index (κ1) is 8.50. The smallest absolute Gasteiger partial charge is 0.0803 e. The molecule has 0 aromatic rings. The Morgan fingerprint density at radius 3 is 2.64 bits per heavy atom. The number of aliphatic hydroxyl groups excluding tert-OH is 2. The average molecular weight is 154 g/mol. The molecule has 0 spiro atoms. The third-order valence-electron chi connectivity index (χ3n) is 2.17. The average Bonchev–Trinajstić information content (AvgIpc) is 2.07. The van der Waals surface area contributed by atoms with Crippen LogP contribution in [0.3, 0.4) is 0 Å². The van der Waals surface area contributed by atoms with Crippen molar-refractivity contribution in [3.63, 3.8) is 0 Å². The van der Waals surface area contributed by atoms with Crippen LogP contribution in [0.1, 0.15) is 13.8 Å². The Bertz CT molecular complexity index is 194. The molecule has 0 saturated carbocycles. The van der Waals surface area contributed by atoms with Crippen LogP contribution in [0.4, 0.5) is 0 Å². The van der Waals surface area contributed by atoms with E-state index in [4.69, 9.17) is 0 Å². The van der Waals surface area contributed by atoms with E-state index in [-0.39, 0.29) is 5.92 Å². The summed E-state index contributed by atoms with van der Waals surface area (Å²) in [6, 6.07) is 0. The van der Waals surface area contributed by atoms with Crippen LogP contribution in [-0.2, 0) is 0 Å². The number of hydrogen-bond donors (Lipinski definition) is 2. The molecule has 0 bridgehead atoms. The SMILES string of the molecule is CC1=CC=CC(O)C(C)C1O. The maximum atomic E-state index is 9.53. The molecule has 3 atom stereocenters. The van der Waals surface area contributed by atoms with E-state index in [1.165, 1.54) is 0 Å². The largest absolute Gasteiger partial charge is 0.389 e. The molecule has 0 aliphatic heterocycles. The highest BCUT2D eigenvalue weighted by atomic mass is 16.3. The lowest BCUT2D eigenvalue weighted by Gasteiger charge is -2.20. The Labute approximate surface area is 66.9 Å². The molecule has 0 radical (unpaired) electrons. The Hall–Kier alpha value is -0.600. The Kier molecular flexibility index (Phi) is 2.47. The van der Waals surface area contributed by atoms with Gasteiger partial charge in [-0.3, -0.25) is 0 Å². The molecule has 0 heterocycles. The molecular weight excluding hydrogens is 140 g/mol. The van der Waals surface area contributed by atoms with Crippen LogP contribution in [0.15, 0.2) is 23.8 Å². The summed E-state index contributed by atoms with van der Waals surface area (Å²) in [5, 5.41) is 18.9. The molecule has 0 fully saturated rings. The highest BCUT2D eigenvalue weighted by Crippen LogP contribution is 2.19. The second-order valence-corrected chi connectivity index (χ2v) is 3.09. The topological polar surface area (TPSA) is 40.5 Å². The van der Waals surface area contributed by atoms with Gasteiger partial charge in [-0.1, -0.05) is 25.2 Å².